The van der Waals surface area contributed by atoms with Crippen LogP contribution < -0.4 is 5.73 Å². The van der Waals surface area contributed by atoms with Crippen molar-refractivity contribution in [3.8, 4) is 0 Å². The molecule has 21 heavy (non-hydrogen) atoms. The maximum absolute atomic E-state index is 12.8. The molecule has 1 aromatic rings. The molecule has 0 atom stereocenters. The number of hydrogen-bond acceptors (Lipinski definition) is 4. The SMILES string of the molecule is CN(C)C1CCN(S(=O)(=O)c2c(N)cc(Br)cc2Br)CC1. The van der Waals surface area contributed by atoms with Crippen LogP contribution in [0.3, 0.4) is 0 Å². The molecule has 0 bridgehead atoms. The highest BCUT2D eigenvalue weighted by atomic mass is 79.9. The smallest absolute Gasteiger partial charge is 0.246 e. The topological polar surface area (TPSA) is 66.6 Å². The van der Waals surface area contributed by atoms with Crippen LogP contribution in [0.15, 0.2) is 26.0 Å². The van der Waals surface area contributed by atoms with Crippen molar-refractivity contribution in [1.82, 2.24) is 9.21 Å². The lowest BCUT2D eigenvalue weighted by Crippen LogP contribution is -2.44. The Morgan fingerprint density at radius 3 is 2.29 bits per heavy atom. The van der Waals surface area contributed by atoms with Crippen molar-refractivity contribution in [2.45, 2.75) is 23.8 Å². The third-order valence-electron chi connectivity index (χ3n) is 3.79. The van der Waals surface area contributed by atoms with Gasteiger partial charge in [0.1, 0.15) is 4.90 Å². The fourth-order valence-electron chi connectivity index (χ4n) is 2.58. The van der Waals surface area contributed by atoms with E-state index in [1.54, 1.807) is 12.1 Å². The largest absolute Gasteiger partial charge is 0.398 e. The minimum Gasteiger partial charge on any atom is -0.398 e. The average molecular weight is 441 g/mol. The number of rotatable bonds is 3. The van der Waals surface area contributed by atoms with Crippen LogP contribution >= 0.6 is 31.9 Å². The first-order chi connectivity index (χ1) is 9.73. The number of anilines is 1. The first-order valence-corrected chi connectivity index (χ1v) is 9.67. The zero-order valence-electron chi connectivity index (χ0n) is 12.0. The molecule has 0 amide bonds. The Hall–Kier alpha value is -0.150. The molecule has 0 aliphatic carbocycles. The van der Waals surface area contributed by atoms with Gasteiger partial charge < -0.3 is 10.6 Å². The van der Waals surface area contributed by atoms with Crippen LogP contribution in [0.5, 0.6) is 0 Å². The van der Waals surface area contributed by atoms with Crippen LogP contribution in [0.1, 0.15) is 12.8 Å². The Balaban J connectivity index is 2.28. The Bertz CT molecular complexity index is 603. The van der Waals surface area contributed by atoms with E-state index in [9.17, 15) is 8.42 Å². The molecule has 1 aliphatic heterocycles. The standard InChI is InChI=1S/C13H19Br2N3O2S/c1-17(2)10-3-5-18(6-4-10)21(19,20)13-11(15)7-9(14)8-12(13)16/h7-8,10H,3-6,16H2,1-2H3. The summed E-state index contributed by atoms with van der Waals surface area (Å²) in [4.78, 5) is 2.31. The van der Waals surface area contributed by atoms with E-state index in [0.717, 1.165) is 17.3 Å². The minimum absolute atomic E-state index is 0.161. The summed E-state index contributed by atoms with van der Waals surface area (Å²) in [5.74, 6) is 0. The maximum Gasteiger partial charge on any atom is 0.246 e. The van der Waals surface area contributed by atoms with Crippen molar-refractivity contribution >= 4 is 47.6 Å². The highest BCUT2D eigenvalue weighted by molar-refractivity contribution is 9.11. The number of nitrogen functional groups attached to an aromatic ring is 1. The van der Waals surface area contributed by atoms with Gasteiger partial charge in [-0.1, -0.05) is 15.9 Å². The van der Waals surface area contributed by atoms with Crippen molar-refractivity contribution in [1.29, 1.82) is 0 Å². The van der Waals surface area contributed by atoms with Gasteiger partial charge in [0, 0.05) is 28.1 Å². The summed E-state index contributed by atoms with van der Waals surface area (Å²) in [5, 5.41) is 0. The van der Waals surface area contributed by atoms with Crippen molar-refractivity contribution in [3.63, 3.8) is 0 Å². The van der Waals surface area contributed by atoms with E-state index < -0.39 is 10.0 Å². The third-order valence-corrected chi connectivity index (χ3v) is 7.15. The first kappa shape index (κ1) is 17.2. The summed E-state index contributed by atoms with van der Waals surface area (Å²) in [6, 6.07) is 3.75. The quantitative estimate of drug-likeness (QED) is 0.733. The second kappa shape index (κ2) is 6.54. The monoisotopic (exact) mass is 439 g/mol. The van der Waals surface area contributed by atoms with E-state index >= 15 is 0 Å². The minimum atomic E-state index is -3.57. The third kappa shape index (κ3) is 3.61. The highest BCUT2D eigenvalue weighted by Crippen LogP contribution is 2.34. The molecule has 0 radical (unpaired) electrons. The zero-order chi connectivity index (χ0) is 15.8. The van der Waals surface area contributed by atoms with Crippen molar-refractivity contribution < 1.29 is 8.42 Å². The number of benzene rings is 1. The average Bonchev–Trinajstić information content (AvgIpc) is 2.37. The summed E-state index contributed by atoms with van der Waals surface area (Å²) in [5.41, 5.74) is 6.17. The second-order valence-corrected chi connectivity index (χ2v) is 9.05. The van der Waals surface area contributed by atoms with Gasteiger partial charge in [0.15, 0.2) is 0 Å². The molecule has 5 nitrogen and oxygen atoms in total. The molecule has 1 aromatic carbocycles. The summed E-state index contributed by atoms with van der Waals surface area (Å²) in [7, 11) is 0.485. The molecule has 2 rings (SSSR count). The van der Waals surface area contributed by atoms with Crippen LogP contribution in [-0.4, -0.2) is 50.8 Å². The van der Waals surface area contributed by atoms with Gasteiger partial charge in [-0.2, -0.15) is 4.31 Å². The fourth-order valence-corrected chi connectivity index (χ4v) is 6.06. The molecule has 0 aromatic heterocycles. The van der Waals surface area contributed by atoms with Gasteiger partial charge in [-0.3, -0.25) is 0 Å². The zero-order valence-corrected chi connectivity index (χ0v) is 16.0. The van der Waals surface area contributed by atoms with Crippen LogP contribution in [0.25, 0.3) is 0 Å². The first-order valence-electron chi connectivity index (χ1n) is 6.64. The Morgan fingerprint density at radius 2 is 1.81 bits per heavy atom. The van der Waals surface area contributed by atoms with Gasteiger partial charge >= 0.3 is 0 Å². The number of hydrogen-bond donors (Lipinski definition) is 1. The molecule has 118 valence electrons. The summed E-state index contributed by atoms with van der Waals surface area (Å²) in [6.07, 6.45) is 1.67. The predicted molar refractivity (Wildman–Crippen MR) is 91.7 cm³/mol. The molecule has 2 N–H and O–H groups in total. The Kier molecular flexibility index (Phi) is 5.36. The van der Waals surface area contributed by atoms with Gasteiger partial charge in [0.05, 0.1) is 5.69 Å². The van der Waals surface area contributed by atoms with E-state index in [1.807, 2.05) is 14.1 Å². The number of nitrogens with zero attached hydrogens (tertiary/aromatic N) is 2. The molecule has 1 heterocycles. The van der Waals surface area contributed by atoms with Gasteiger partial charge in [0.2, 0.25) is 10.0 Å². The molecule has 1 fully saturated rings. The number of sulfonamides is 1. The van der Waals surface area contributed by atoms with Crippen molar-refractivity contribution in [2.75, 3.05) is 32.9 Å². The summed E-state index contributed by atoms with van der Waals surface area (Å²) in [6.45, 7) is 1.04. The number of piperidine rings is 1. The normalized spacial score (nSPS) is 18.3. The van der Waals surface area contributed by atoms with Crippen LogP contribution in [-0.2, 0) is 10.0 Å². The van der Waals surface area contributed by atoms with E-state index in [-0.39, 0.29) is 10.6 Å². The van der Waals surface area contributed by atoms with Gasteiger partial charge in [-0.25, -0.2) is 8.42 Å². The predicted octanol–water partition coefficient (Wildman–Crippen LogP) is 2.51. The van der Waals surface area contributed by atoms with Crippen LogP contribution in [0.2, 0.25) is 0 Å². The van der Waals surface area contributed by atoms with Crippen molar-refractivity contribution in [2.24, 2.45) is 0 Å². The molecule has 0 unspecified atom stereocenters. The van der Waals surface area contributed by atoms with Crippen molar-refractivity contribution in [3.05, 3.63) is 21.1 Å². The highest BCUT2D eigenvalue weighted by Gasteiger charge is 2.32. The molecule has 8 heteroatoms. The molecule has 1 saturated heterocycles. The lowest BCUT2D eigenvalue weighted by atomic mass is 10.1. The molecule has 0 spiro atoms. The molecule has 1 aliphatic rings. The molecule has 0 saturated carbocycles. The van der Waals surface area contributed by atoms with Crippen LogP contribution in [0, 0.1) is 0 Å². The number of halogens is 2. The maximum atomic E-state index is 12.8. The van der Waals surface area contributed by atoms with E-state index in [2.05, 4.69) is 36.8 Å². The van der Waals surface area contributed by atoms with E-state index in [1.165, 1.54) is 4.31 Å². The van der Waals surface area contributed by atoms with Crippen LogP contribution in [0.4, 0.5) is 5.69 Å². The van der Waals surface area contributed by atoms with Gasteiger partial charge in [-0.15, -0.1) is 0 Å². The van der Waals surface area contributed by atoms with Gasteiger partial charge in [-0.05, 0) is 55.0 Å². The second-order valence-electron chi connectivity index (χ2n) is 5.40. The molecular weight excluding hydrogens is 422 g/mol. The van der Waals surface area contributed by atoms with E-state index in [4.69, 9.17) is 5.73 Å². The fraction of sp³-hybridized carbons (Fsp3) is 0.538. The Labute approximate surface area is 142 Å². The Morgan fingerprint density at radius 1 is 1.24 bits per heavy atom. The summed E-state index contributed by atoms with van der Waals surface area (Å²) >= 11 is 6.62. The van der Waals surface area contributed by atoms with E-state index in [0.29, 0.717) is 23.6 Å². The number of nitrogens with two attached hydrogens (primary N) is 1. The summed E-state index contributed by atoms with van der Waals surface area (Å²) < 4.78 is 28.4. The lowest BCUT2D eigenvalue weighted by molar-refractivity contribution is 0.196. The lowest BCUT2D eigenvalue weighted by Gasteiger charge is -2.34. The molecular formula is C13H19Br2N3O2S. The van der Waals surface area contributed by atoms with Gasteiger partial charge in [0.25, 0.3) is 0 Å².